The lowest BCUT2D eigenvalue weighted by Gasteiger charge is -2.19. The molecule has 1 aromatic rings. The Bertz CT molecular complexity index is 638. The molecule has 0 spiro atoms. The number of halogens is 1. The molecule has 5 nitrogen and oxygen atoms in total. The van der Waals surface area contributed by atoms with E-state index in [2.05, 4.69) is 4.90 Å². The Labute approximate surface area is 160 Å². The average molecular weight is 442 g/mol. The van der Waals surface area contributed by atoms with Gasteiger partial charge < -0.3 is 9.64 Å². The lowest BCUT2D eigenvalue weighted by atomic mass is 10.1. The number of benzene rings is 1. The van der Waals surface area contributed by atoms with E-state index in [-0.39, 0.29) is 35.9 Å². The minimum Gasteiger partial charge on any atom is -0.463 e. The van der Waals surface area contributed by atoms with Crippen molar-refractivity contribution in [3.63, 3.8) is 0 Å². The van der Waals surface area contributed by atoms with E-state index in [0.717, 1.165) is 17.7 Å². The van der Waals surface area contributed by atoms with Gasteiger partial charge in [-0.1, -0.05) is 24.3 Å². The van der Waals surface area contributed by atoms with Crippen LogP contribution in [-0.2, 0) is 20.9 Å². The number of hydrogen-bond donors (Lipinski definition) is 0. The summed E-state index contributed by atoms with van der Waals surface area (Å²) in [6, 6.07) is 7.99. The van der Waals surface area contributed by atoms with Crippen LogP contribution in [0.1, 0.15) is 31.9 Å². The van der Waals surface area contributed by atoms with Gasteiger partial charge in [-0.3, -0.25) is 9.69 Å². The number of esters is 1. The quantitative estimate of drug-likeness (QED) is 0.399. The van der Waals surface area contributed by atoms with Crippen molar-refractivity contribution in [2.24, 2.45) is 0 Å². The van der Waals surface area contributed by atoms with Gasteiger partial charge in [-0.05, 0) is 31.1 Å². The smallest absolute Gasteiger partial charge is 0.333 e. The Morgan fingerprint density at radius 3 is 2.38 bits per heavy atom. The molecule has 0 bridgehead atoms. The van der Waals surface area contributed by atoms with Gasteiger partial charge in [-0.2, -0.15) is 0 Å². The van der Waals surface area contributed by atoms with Crippen molar-refractivity contribution >= 4 is 41.9 Å². The first kappa shape index (κ1) is 20.2. The van der Waals surface area contributed by atoms with Crippen LogP contribution >= 0.6 is 24.0 Å². The molecule has 0 fully saturated rings. The van der Waals surface area contributed by atoms with E-state index in [1.165, 1.54) is 0 Å². The molecule has 0 N–H and O–H groups in total. The van der Waals surface area contributed by atoms with Crippen LogP contribution in [0.4, 0.5) is 0 Å². The Morgan fingerprint density at radius 2 is 1.83 bits per heavy atom. The molecular weight excluding hydrogens is 419 g/mol. The predicted octanol–water partition coefficient (Wildman–Crippen LogP) is 3.36. The minimum atomic E-state index is -0.289. The molecule has 24 heavy (non-hydrogen) atoms. The maximum Gasteiger partial charge on any atom is 0.333 e. The highest BCUT2D eigenvalue weighted by atomic mass is 127. The third-order valence-corrected chi connectivity index (χ3v) is 3.54. The minimum absolute atomic E-state index is 0. The van der Waals surface area contributed by atoms with Crippen molar-refractivity contribution in [3.05, 3.63) is 53.4 Å². The van der Waals surface area contributed by atoms with Crippen molar-refractivity contribution < 1.29 is 14.3 Å². The Hall–Kier alpha value is -1.83. The van der Waals surface area contributed by atoms with Crippen molar-refractivity contribution in [2.45, 2.75) is 27.3 Å². The third-order valence-electron chi connectivity index (χ3n) is 3.54. The third kappa shape index (κ3) is 5.67. The van der Waals surface area contributed by atoms with Gasteiger partial charge in [-0.15, -0.1) is 24.0 Å². The molecular formula is C18H23IN2O3. The fourth-order valence-corrected chi connectivity index (χ4v) is 2.28. The molecule has 0 saturated carbocycles. The monoisotopic (exact) mass is 442 g/mol. The van der Waals surface area contributed by atoms with E-state index in [1.54, 1.807) is 31.9 Å². The largest absolute Gasteiger partial charge is 0.463 e. The van der Waals surface area contributed by atoms with Gasteiger partial charge in [0.25, 0.3) is 0 Å². The molecule has 0 radical (unpaired) electrons. The van der Waals surface area contributed by atoms with Crippen LogP contribution in [0.15, 0.2) is 42.2 Å². The fourth-order valence-electron chi connectivity index (χ4n) is 2.28. The van der Waals surface area contributed by atoms with E-state index in [1.807, 2.05) is 36.5 Å². The summed E-state index contributed by atoms with van der Waals surface area (Å²) in [5, 5.41) is 0. The number of nitrogens with zero attached hydrogens (tertiary/aromatic N) is 2. The van der Waals surface area contributed by atoms with E-state index in [4.69, 9.17) is 4.74 Å². The lowest BCUT2D eigenvalue weighted by Crippen LogP contribution is -2.28. The summed E-state index contributed by atoms with van der Waals surface area (Å²) in [4.78, 5) is 26.6. The first-order valence-electron chi connectivity index (χ1n) is 7.63. The molecule has 6 heteroatoms. The SMILES string of the molecule is CCOC(=O)C(C)=Cc1ccc(CN2C=CN(C(C)=O)C2)cc1.I. The summed E-state index contributed by atoms with van der Waals surface area (Å²) in [6.45, 7) is 6.79. The second-order valence-corrected chi connectivity index (χ2v) is 5.46. The molecule has 0 saturated heterocycles. The van der Waals surface area contributed by atoms with E-state index in [0.29, 0.717) is 18.8 Å². The highest BCUT2D eigenvalue weighted by Crippen LogP contribution is 2.14. The summed E-state index contributed by atoms with van der Waals surface area (Å²) in [5.74, 6) is -0.248. The average Bonchev–Trinajstić information content (AvgIpc) is 2.98. The maximum atomic E-state index is 11.6. The van der Waals surface area contributed by atoms with Gasteiger partial charge in [0.05, 0.1) is 13.3 Å². The normalized spacial score (nSPS) is 13.7. The van der Waals surface area contributed by atoms with Crippen LogP contribution in [0.25, 0.3) is 6.08 Å². The van der Waals surface area contributed by atoms with E-state index in [9.17, 15) is 9.59 Å². The van der Waals surface area contributed by atoms with E-state index < -0.39 is 0 Å². The second kappa shape index (κ2) is 9.46. The molecule has 130 valence electrons. The van der Waals surface area contributed by atoms with Crippen molar-refractivity contribution in [3.8, 4) is 0 Å². The van der Waals surface area contributed by atoms with Crippen LogP contribution in [0.3, 0.4) is 0 Å². The first-order chi connectivity index (χ1) is 11.0. The number of hydrogen-bond acceptors (Lipinski definition) is 4. The number of rotatable bonds is 5. The number of amides is 1. The van der Waals surface area contributed by atoms with Gasteiger partial charge in [0.1, 0.15) is 0 Å². The number of carbonyl (C=O) groups excluding carboxylic acids is 2. The van der Waals surface area contributed by atoms with Crippen LogP contribution in [0, 0.1) is 0 Å². The highest BCUT2D eigenvalue weighted by molar-refractivity contribution is 14.0. The summed E-state index contributed by atoms with van der Waals surface area (Å²) in [5.41, 5.74) is 2.69. The predicted molar refractivity (Wildman–Crippen MR) is 104 cm³/mol. The van der Waals surface area contributed by atoms with Crippen LogP contribution < -0.4 is 0 Å². The first-order valence-corrected chi connectivity index (χ1v) is 7.63. The Morgan fingerprint density at radius 1 is 1.17 bits per heavy atom. The van der Waals surface area contributed by atoms with Crippen molar-refractivity contribution in [2.75, 3.05) is 13.3 Å². The second-order valence-electron chi connectivity index (χ2n) is 5.46. The highest BCUT2D eigenvalue weighted by Gasteiger charge is 2.15. The van der Waals surface area contributed by atoms with E-state index >= 15 is 0 Å². The molecule has 1 aromatic carbocycles. The molecule has 2 rings (SSSR count). The zero-order valence-corrected chi connectivity index (χ0v) is 16.5. The van der Waals surface area contributed by atoms with Crippen molar-refractivity contribution in [1.29, 1.82) is 0 Å². The molecule has 0 aliphatic carbocycles. The van der Waals surface area contributed by atoms with Crippen LogP contribution in [0.2, 0.25) is 0 Å². The molecule has 0 unspecified atom stereocenters. The Balaban J connectivity index is 0.00000288. The van der Waals surface area contributed by atoms with Gasteiger partial charge >= 0.3 is 5.97 Å². The lowest BCUT2D eigenvalue weighted by molar-refractivity contribution is -0.138. The molecule has 0 aromatic heterocycles. The number of ether oxygens (including phenoxy) is 1. The molecule has 1 heterocycles. The van der Waals surface area contributed by atoms with Crippen molar-refractivity contribution in [1.82, 2.24) is 9.80 Å². The van der Waals surface area contributed by atoms with Gasteiger partial charge in [0.2, 0.25) is 5.91 Å². The summed E-state index contributed by atoms with van der Waals surface area (Å²) in [7, 11) is 0. The molecule has 1 amide bonds. The van der Waals surface area contributed by atoms with Gasteiger partial charge in [0.15, 0.2) is 0 Å². The Kier molecular flexibility index (Phi) is 7.97. The standard InChI is InChI=1S/C18H22N2O3.HI/c1-4-23-18(22)14(2)11-16-5-7-17(8-6-16)12-19-9-10-20(13-19)15(3)21;/h5-11H,4,12-13H2,1-3H3;1H. The van der Waals surface area contributed by atoms with Gasteiger partial charge in [-0.25, -0.2) is 4.79 Å². The fraction of sp³-hybridized carbons (Fsp3) is 0.333. The zero-order valence-electron chi connectivity index (χ0n) is 14.2. The molecule has 1 aliphatic rings. The molecule has 0 atom stereocenters. The summed E-state index contributed by atoms with van der Waals surface area (Å²) < 4.78 is 4.96. The topological polar surface area (TPSA) is 49.9 Å². The van der Waals surface area contributed by atoms with Gasteiger partial charge in [0, 0.05) is 31.4 Å². The zero-order chi connectivity index (χ0) is 16.8. The van der Waals surface area contributed by atoms with Crippen LogP contribution in [-0.4, -0.2) is 35.0 Å². The number of carbonyl (C=O) groups is 2. The molecule has 1 aliphatic heterocycles. The maximum absolute atomic E-state index is 11.6. The summed E-state index contributed by atoms with van der Waals surface area (Å²) >= 11 is 0. The van der Waals surface area contributed by atoms with Crippen LogP contribution in [0.5, 0.6) is 0 Å². The summed E-state index contributed by atoms with van der Waals surface area (Å²) in [6.07, 6.45) is 5.53.